The minimum absolute atomic E-state index is 1.23. The lowest BCUT2D eigenvalue weighted by Crippen LogP contribution is -1.84. The molecule has 0 radical (unpaired) electrons. The molecule has 0 amide bonds. The SMILES string of the molecule is C=Cc1cc2cc(c1C)CC2. The molecule has 2 bridgehead atoms. The third-order valence-electron chi connectivity index (χ3n) is 2.52. The summed E-state index contributed by atoms with van der Waals surface area (Å²) in [6.07, 6.45) is 4.41. The van der Waals surface area contributed by atoms with Crippen molar-refractivity contribution in [2.45, 2.75) is 19.8 Å². The molecule has 1 aliphatic carbocycles. The molecule has 0 fully saturated rings. The molecule has 0 atom stereocenters. The van der Waals surface area contributed by atoms with Gasteiger partial charge in [0, 0.05) is 0 Å². The highest BCUT2D eigenvalue weighted by molar-refractivity contribution is 5.57. The number of hydrogen-bond donors (Lipinski definition) is 0. The van der Waals surface area contributed by atoms with Crippen molar-refractivity contribution >= 4 is 6.08 Å². The zero-order valence-electron chi connectivity index (χ0n) is 6.85. The van der Waals surface area contributed by atoms with Gasteiger partial charge in [-0.15, -0.1) is 0 Å². The van der Waals surface area contributed by atoms with Crippen LogP contribution >= 0.6 is 0 Å². The van der Waals surface area contributed by atoms with E-state index in [1.54, 1.807) is 0 Å². The Morgan fingerprint density at radius 1 is 1.36 bits per heavy atom. The van der Waals surface area contributed by atoms with Gasteiger partial charge in [-0.1, -0.05) is 24.8 Å². The molecule has 11 heavy (non-hydrogen) atoms. The fourth-order valence-electron chi connectivity index (χ4n) is 1.76. The first-order valence-electron chi connectivity index (χ1n) is 4.06. The first-order chi connectivity index (χ1) is 5.31. The highest BCUT2D eigenvalue weighted by atomic mass is 14.2. The van der Waals surface area contributed by atoms with E-state index in [0.717, 1.165) is 0 Å². The standard InChI is InChI=1S/C11H12/c1-3-10-6-9-4-5-11(7-9)8(10)2/h3,6-7H,1,4-5H2,2H3. The third kappa shape index (κ3) is 0.900. The Balaban J connectivity index is 2.67. The third-order valence-corrected chi connectivity index (χ3v) is 2.52. The van der Waals surface area contributed by atoms with E-state index in [9.17, 15) is 0 Å². The molecule has 56 valence electrons. The first-order valence-corrected chi connectivity index (χ1v) is 4.06. The van der Waals surface area contributed by atoms with Gasteiger partial charge in [0.2, 0.25) is 0 Å². The van der Waals surface area contributed by atoms with Crippen LogP contribution in [0.5, 0.6) is 0 Å². The van der Waals surface area contributed by atoms with Crippen molar-refractivity contribution in [2.24, 2.45) is 0 Å². The van der Waals surface area contributed by atoms with Crippen LogP contribution in [0.15, 0.2) is 18.7 Å². The van der Waals surface area contributed by atoms with Crippen LogP contribution in [0.3, 0.4) is 0 Å². The minimum Gasteiger partial charge on any atom is -0.0985 e. The molecule has 0 unspecified atom stereocenters. The summed E-state index contributed by atoms with van der Waals surface area (Å²) in [6.45, 7) is 5.98. The average molecular weight is 144 g/mol. The topological polar surface area (TPSA) is 0 Å². The number of rotatable bonds is 1. The van der Waals surface area contributed by atoms with Crippen molar-refractivity contribution in [3.05, 3.63) is 41.0 Å². The molecule has 1 aromatic rings. The number of hydrogen-bond acceptors (Lipinski definition) is 0. The Labute approximate surface area is 67.6 Å². The van der Waals surface area contributed by atoms with Crippen LogP contribution in [-0.2, 0) is 12.8 Å². The molecule has 0 spiro atoms. The van der Waals surface area contributed by atoms with E-state index in [0.29, 0.717) is 0 Å². The predicted molar refractivity (Wildman–Crippen MR) is 48.7 cm³/mol. The molecular formula is C11H12. The van der Waals surface area contributed by atoms with Gasteiger partial charge in [-0.2, -0.15) is 0 Å². The van der Waals surface area contributed by atoms with Crippen molar-refractivity contribution in [3.8, 4) is 0 Å². The van der Waals surface area contributed by atoms with Gasteiger partial charge in [-0.25, -0.2) is 0 Å². The van der Waals surface area contributed by atoms with Crippen LogP contribution in [-0.4, -0.2) is 0 Å². The van der Waals surface area contributed by atoms with Crippen LogP contribution in [0, 0.1) is 6.92 Å². The lowest BCUT2D eigenvalue weighted by molar-refractivity contribution is 1.02. The van der Waals surface area contributed by atoms with Crippen LogP contribution < -0.4 is 0 Å². The second-order valence-electron chi connectivity index (χ2n) is 3.17. The fourth-order valence-corrected chi connectivity index (χ4v) is 1.76. The molecule has 1 aliphatic rings. The molecule has 0 N–H and O–H groups in total. The van der Waals surface area contributed by atoms with E-state index in [1.165, 1.54) is 35.1 Å². The van der Waals surface area contributed by atoms with E-state index in [2.05, 4.69) is 25.6 Å². The number of benzene rings is 1. The van der Waals surface area contributed by atoms with Crippen LogP contribution in [0.2, 0.25) is 0 Å². The predicted octanol–water partition coefficient (Wildman–Crippen LogP) is 2.74. The van der Waals surface area contributed by atoms with Crippen molar-refractivity contribution in [1.29, 1.82) is 0 Å². The van der Waals surface area contributed by atoms with Gasteiger partial charge in [0.1, 0.15) is 0 Å². The zero-order chi connectivity index (χ0) is 7.84. The number of fused-ring (bicyclic) bond motifs is 2. The van der Waals surface area contributed by atoms with Crippen LogP contribution in [0.25, 0.3) is 6.08 Å². The summed E-state index contributed by atoms with van der Waals surface area (Å²) in [6, 6.07) is 4.56. The van der Waals surface area contributed by atoms with Gasteiger partial charge in [0.15, 0.2) is 0 Å². The van der Waals surface area contributed by atoms with Gasteiger partial charge in [-0.05, 0) is 42.0 Å². The van der Waals surface area contributed by atoms with Crippen molar-refractivity contribution in [2.75, 3.05) is 0 Å². The maximum absolute atomic E-state index is 3.80. The summed E-state index contributed by atoms with van der Waals surface area (Å²) in [7, 11) is 0. The monoisotopic (exact) mass is 144 g/mol. The first kappa shape index (κ1) is 6.66. The Bertz CT molecular complexity index is 308. The molecule has 1 aromatic carbocycles. The summed E-state index contributed by atoms with van der Waals surface area (Å²) in [4.78, 5) is 0. The van der Waals surface area contributed by atoms with E-state index in [1.807, 2.05) is 6.08 Å². The largest absolute Gasteiger partial charge is 0.0985 e. The van der Waals surface area contributed by atoms with E-state index >= 15 is 0 Å². The molecule has 0 nitrogen and oxygen atoms in total. The lowest BCUT2D eigenvalue weighted by atomic mass is 10.0. The zero-order valence-corrected chi connectivity index (χ0v) is 6.85. The lowest BCUT2D eigenvalue weighted by Gasteiger charge is -2.01. The van der Waals surface area contributed by atoms with Crippen LogP contribution in [0.4, 0.5) is 0 Å². The minimum atomic E-state index is 1.23. The molecule has 0 saturated heterocycles. The molecule has 0 aromatic heterocycles. The average Bonchev–Trinajstić information content (AvgIpc) is 2.42. The van der Waals surface area contributed by atoms with Crippen LogP contribution in [0.1, 0.15) is 22.3 Å². The Hall–Kier alpha value is -1.04. The fraction of sp³-hybridized carbons (Fsp3) is 0.273. The van der Waals surface area contributed by atoms with Crippen molar-refractivity contribution in [1.82, 2.24) is 0 Å². The second kappa shape index (κ2) is 2.23. The van der Waals surface area contributed by atoms with Gasteiger partial charge in [0.05, 0.1) is 0 Å². The molecule has 0 heteroatoms. The molecule has 0 saturated carbocycles. The second-order valence-corrected chi connectivity index (χ2v) is 3.17. The summed E-state index contributed by atoms with van der Waals surface area (Å²) in [5.41, 5.74) is 5.72. The molecular weight excluding hydrogens is 132 g/mol. The van der Waals surface area contributed by atoms with Crippen molar-refractivity contribution < 1.29 is 0 Å². The highest BCUT2D eigenvalue weighted by Crippen LogP contribution is 2.25. The van der Waals surface area contributed by atoms with E-state index in [4.69, 9.17) is 0 Å². The van der Waals surface area contributed by atoms with E-state index < -0.39 is 0 Å². The van der Waals surface area contributed by atoms with Gasteiger partial charge in [0.25, 0.3) is 0 Å². The Morgan fingerprint density at radius 3 is 2.91 bits per heavy atom. The van der Waals surface area contributed by atoms with Gasteiger partial charge < -0.3 is 0 Å². The highest BCUT2D eigenvalue weighted by Gasteiger charge is 2.11. The summed E-state index contributed by atoms with van der Waals surface area (Å²) >= 11 is 0. The summed E-state index contributed by atoms with van der Waals surface area (Å²) in [5.74, 6) is 0. The van der Waals surface area contributed by atoms with E-state index in [-0.39, 0.29) is 0 Å². The quantitative estimate of drug-likeness (QED) is 0.568. The van der Waals surface area contributed by atoms with Gasteiger partial charge in [-0.3, -0.25) is 0 Å². The maximum Gasteiger partial charge on any atom is -0.0228 e. The summed E-state index contributed by atoms with van der Waals surface area (Å²) in [5, 5.41) is 0. The maximum atomic E-state index is 3.80. The Morgan fingerprint density at radius 2 is 2.18 bits per heavy atom. The summed E-state index contributed by atoms with van der Waals surface area (Å²) < 4.78 is 0. The molecule has 0 heterocycles. The van der Waals surface area contributed by atoms with Crippen molar-refractivity contribution in [3.63, 3.8) is 0 Å². The number of aryl methyl sites for hydroxylation is 2. The molecule has 2 rings (SSSR count). The normalized spacial score (nSPS) is 13.5. The Kier molecular flexibility index (Phi) is 1.35. The van der Waals surface area contributed by atoms with Gasteiger partial charge >= 0.3 is 0 Å². The smallest absolute Gasteiger partial charge is 0.0228 e. The molecule has 0 aliphatic heterocycles.